The van der Waals surface area contributed by atoms with Gasteiger partial charge in [-0.3, -0.25) is 9.69 Å². The fourth-order valence-corrected chi connectivity index (χ4v) is 3.22. The van der Waals surface area contributed by atoms with Crippen LogP contribution in [0.2, 0.25) is 0 Å². The third-order valence-corrected chi connectivity index (χ3v) is 4.71. The molecule has 1 fully saturated rings. The molecule has 0 radical (unpaired) electrons. The number of rotatable bonds is 5. The van der Waals surface area contributed by atoms with E-state index in [1.807, 2.05) is 19.9 Å². The van der Waals surface area contributed by atoms with Crippen LogP contribution in [0, 0.1) is 12.8 Å². The number of carbonyl (C=O) groups is 1. The zero-order valence-corrected chi connectivity index (χ0v) is 14.8. The van der Waals surface area contributed by atoms with E-state index in [0.29, 0.717) is 18.3 Å². The van der Waals surface area contributed by atoms with E-state index in [9.17, 15) is 9.90 Å². The van der Waals surface area contributed by atoms with Crippen molar-refractivity contribution in [2.24, 2.45) is 5.92 Å². The van der Waals surface area contributed by atoms with Gasteiger partial charge in [-0.1, -0.05) is 19.9 Å². The molecule has 4 nitrogen and oxygen atoms in total. The number of phenols is 1. The zero-order chi connectivity index (χ0) is 17.0. The summed E-state index contributed by atoms with van der Waals surface area (Å²) in [6.45, 7) is 11.3. The van der Waals surface area contributed by atoms with Gasteiger partial charge in [0, 0.05) is 6.54 Å². The largest absolute Gasteiger partial charge is 0.508 e. The molecular weight excluding hydrogens is 290 g/mol. The number of piperidine rings is 1. The summed E-state index contributed by atoms with van der Waals surface area (Å²) in [5.74, 6) is 0.708. The molecule has 0 aromatic heterocycles. The maximum Gasteiger partial charge on any atom is 0.309 e. The van der Waals surface area contributed by atoms with Crippen LogP contribution in [0.4, 0.5) is 0 Å². The monoisotopic (exact) mass is 319 g/mol. The highest BCUT2D eigenvalue weighted by Gasteiger charge is 2.26. The Kier molecular flexibility index (Phi) is 6.05. The van der Waals surface area contributed by atoms with Crippen molar-refractivity contribution in [3.05, 3.63) is 28.8 Å². The Morgan fingerprint density at radius 3 is 2.57 bits per heavy atom. The first-order valence-corrected chi connectivity index (χ1v) is 8.63. The van der Waals surface area contributed by atoms with Crippen LogP contribution in [0.1, 0.15) is 56.2 Å². The predicted molar refractivity (Wildman–Crippen MR) is 91.6 cm³/mol. The Bertz CT molecular complexity index is 546. The quantitative estimate of drug-likeness (QED) is 0.843. The van der Waals surface area contributed by atoms with Crippen molar-refractivity contribution in [1.29, 1.82) is 0 Å². The van der Waals surface area contributed by atoms with Crippen molar-refractivity contribution in [2.75, 3.05) is 19.7 Å². The highest BCUT2D eigenvalue weighted by atomic mass is 16.5. The second kappa shape index (κ2) is 7.82. The van der Waals surface area contributed by atoms with E-state index >= 15 is 0 Å². The molecule has 1 saturated heterocycles. The van der Waals surface area contributed by atoms with Crippen molar-refractivity contribution >= 4 is 5.97 Å². The molecule has 1 aliphatic heterocycles. The van der Waals surface area contributed by atoms with E-state index in [1.165, 1.54) is 5.56 Å². The van der Waals surface area contributed by atoms with E-state index in [2.05, 4.69) is 24.8 Å². The predicted octanol–water partition coefficient (Wildman–Crippen LogP) is 3.60. The van der Waals surface area contributed by atoms with Crippen LogP contribution in [-0.2, 0) is 16.1 Å². The normalized spacial score (nSPS) is 16.7. The van der Waals surface area contributed by atoms with E-state index in [4.69, 9.17) is 4.74 Å². The maximum absolute atomic E-state index is 11.8. The lowest BCUT2D eigenvalue weighted by Gasteiger charge is -2.31. The minimum Gasteiger partial charge on any atom is -0.508 e. The van der Waals surface area contributed by atoms with Crippen LogP contribution in [0.5, 0.6) is 5.75 Å². The van der Waals surface area contributed by atoms with Gasteiger partial charge in [0.25, 0.3) is 0 Å². The Hall–Kier alpha value is -1.55. The fourth-order valence-electron chi connectivity index (χ4n) is 3.22. The van der Waals surface area contributed by atoms with Crippen LogP contribution < -0.4 is 0 Å². The van der Waals surface area contributed by atoms with Gasteiger partial charge >= 0.3 is 5.97 Å². The van der Waals surface area contributed by atoms with Gasteiger partial charge in [0.15, 0.2) is 0 Å². The average Bonchev–Trinajstić information content (AvgIpc) is 2.50. The molecule has 1 aromatic carbocycles. The second-order valence-corrected chi connectivity index (χ2v) is 6.79. The lowest BCUT2D eigenvalue weighted by atomic mass is 9.94. The molecule has 1 N–H and O–H groups in total. The zero-order valence-electron chi connectivity index (χ0n) is 14.8. The summed E-state index contributed by atoms with van der Waals surface area (Å²) in [5.41, 5.74) is 3.40. The van der Waals surface area contributed by atoms with Gasteiger partial charge in [-0.15, -0.1) is 0 Å². The third kappa shape index (κ3) is 4.47. The molecule has 0 atom stereocenters. The number of carbonyl (C=O) groups excluding carboxylic acids is 1. The van der Waals surface area contributed by atoms with Crippen LogP contribution in [0.25, 0.3) is 0 Å². The van der Waals surface area contributed by atoms with Gasteiger partial charge in [-0.05, 0) is 68.5 Å². The highest BCUT2D eigenvalue weighted by Crippen LogP contribution is 2.30. The van der Waals surface area contributed by atoms with E-state index in [-0.39, 0.29) is 11.9 Å². The number of phenolic OH excluding ortho intramolecular Hbond substituents is 1. The number of nitrogens with zero attached hydrogens (tertiary/aromatic N) is 1. The van der Waals surface area contributed by atoms with Crippen LogP contribution in [0.15, 0.2) is 12.1 Å². The molecule has 0 saturated carbocycles. The van der Waals surface area contributed by atoms with Crippen LogP contribution in [-0.4, -0.2) is 35.7 Å². The first-order chi connectivity index (χ1) is 10.9. The molecule has 1 aliphatic rings. The summed E-state index contributed by atoms with van der Waals surface area (Å²) >= 11 is 0. The summed E-state index contributed by atoms with van der Waals surface area (Å²) in [7, 11) is 0. The standard InChI is InChI=1S/C19H29NO3/c1-5-23-19(22)15-6-8-20(9-7-15)12-16-11-17(13(2)3)18(21)10-14(16)4/h10-11,13,15,21H,5-9,12H2,1-4H3. The fraction of sp³-hybridized carbons (Fsp3) is 0.632. The van der Waals surface area contributed by atoms with Gasteiger partial charge in [0.2, 0.25) is 0 Å². The second-order valence-electron chi connectivity index (χ2n) is 6.79. The molecule has 4 heteroatoms. The van der Waals surface area contributed by atoms with Crippen molar-refractivity contribution in [2.45, 2.75) is 53.0 Å². The summed E-state index contributed by atoms with van der Waals surface area (Å²) in [6.07, 6.45) is 1.74. The van der Waals surface area contributed by atoms with E-state index < -0.39 is 0 Å². The topological polar surface area (TPSA) is 49.8 Å². The lowest BCUT2D eigenvalue weighted by molar-refractivity contribution is -0.149. The molecule has 1 aromatic rings. The minimum atomic E-state index is -0.0462. The van der Waals surface area contributed by atoms with Gasteiger partial charge in [-0.2, -0.15) is 0 Å². The molecule has 1 heterocycles. The number of aryl methyl sites for hydroxylation is 1. The highest BCUT2D eigenvalue weighted by molar-refractivity contribution is 5.72. The van der Waals surface area contributed by atoms with Gasteiger partial charge in [-0.25, -0.2) is 0 Å². The Morgan fingerprint density at radius 2 is 2.00 bits per heavy atom. The van der Waals surface area contributed by atoms with Crippen LogP contribution in [0.3, 0.4) is 0 Å². The molecule has 0 unspecified atom stereocenters. The Balaban J connectivity index is 1.99. The number of ether oxygens (including phenoxy) is 1. The van der Waals surface area contributed by atoms with Crippen molar-refractivity contribution in [1.82, 2.24) is 4.90 Å². The lowest BCUT2D eigenvalue weighted by Crippen LogP contribution is -2.36. The Morgan fingerprint density at radius 1 is 1.35 bits per heavy atom. The first kappa shape index (κ1) is 17.8. The number of aromatic hydroxyl groups is 1. The molecular formula is C19H29NO3. The molecule has 0 amide bonds. The summed E-state index contributed by atoms with van der Waals surface area (Å²) in [6, 6.07) is 4.00. The number of benzene rings is 1. The van der Waals surface area contributed by atoms with E-state index in [1.54, 1.807) is 0 Å². The van der Waals surface area contributed by atoms with E-state index in [0.717, 1.165) is 43.6 Å². The number of hydrogen-bond donors (Lipinski definition) is 1. The first-order valence-electron chi connectivity index (χ1n) is 8.63. The van der Waals surface area contributed by atoms with Gasteiger partial charge in [0.1, 0.15) is 5.75 Å². The minimum absolute atomic E-state index is 0.0462. The number of hydrogen-bond acceptors (Lipinski definition) is 4. The van der Waals surface area contributed by atoms with Gasteiger partial charge in [0.05, 0.1) is 12.5 Å². The number of esters is 1. The third-order valence-electron chi connectivity index (χ3n) is 4.71. The smallest absolute Gasteiger partial charge is 0.309 e. The molecule has 128 valence electrons. The summed E-state index contributed by atoms with van der Waals surface area (Å²) in [5, 5.41) is 10.1. The number of likely N-dealkylation sites (tertiary alicyclic amines) is 1. The SMILES string of the molecule is CCOC(=O)C1CCN(Cc2cc(C(C)C)c(O)cc2C)CC1. The van der Waals surface area contributed by atoms with Crippen molar-refractivity contribution < 1.29 is 14.6 Å². The molecule has 0 aliphatic carbocycles. The Labute approximate surface area is 139 Å². The average molecular weight is 319 g/mol. The molecule has 0 spiro atoms. The van der Waals surface area contributed by atoms with Crippen molar-refractivity contribution in [3.8, 4) is 5.75 Å². The molecule has 0 bridgehead atoms. The summed E-state index contributed by atoms with van der Waals surface area (Å²) < 4.78 is 5.12. The van der Waals surface area contributed by atoms with Crippen molar-refractivity contribution in [3.63, 3.8) is 0 Å². The van der Waals surface area contributed by atoms with Crippen LogP contribution >= 0.6 is 0 Å². The molecule has 2 rings (SSSR count). The van der Waals surface area contributed by atoms with Gasteiger partial charge < -0.3 is 9.84 Å². The molecule has 23 heavy (non-hydrogen) atoms. The maximum atomic E-state index is 11.8. The summed E-state index contributed by atoms with van der Waals surface area (Å²) in [4.78, 5) is 14.2.